The summed E-state index contributed by atoms with van der Waals surface area (Å²) in [7, 11) is 0. The lowest BCUT2D eigenvalue weighted by atomic mass is 10.2. The fourth-order valence-electron chi connectivity index (χ4n) is 1.88. The average Bonchev–Trinajstić information content (AvgIpc) is 2.41. The number of pyridine rings is 1. The molecule has 2 rings (SSSR count). The first-order chi connectivity index (χ1) is 6.63. The standard InChI is InChI=1S/C11H13ClN2/c1-7-10(12)9-5-3-4-6-14(9)11(7)8(2)13/h3-6,8H,13H2,1-2H3. The molecule has 0 aliphatic heterocycles. The molecule has 74 valence electrons. The van der Waals surface area contributed by atoms with Crippen molar-refractivity contribution in [3.63, 3.8) is 0 Å². The van der Waals surface area contributed by atoms with Crippen molar-refractivity contribution < 1.29 is 0 Å². The Morgan fingerprint density at radius 2 is 2.14 bits per heavy atom. The number of aromatic nitrogens is 1. The molecule has 0 amide bonds. The first kappa shape index (κ1) is 9.56. The summed E-state index contributed by atoms with van der Waals surface area (Å²) in [6.45, 7) is 3.98. The van der Waals surface area contributed by atoms with E-state index in [4.69, 9.17) is 17.3 Å². The molecular formula is C11H13ClN2. The van der Waals surface area contributed by atoms with Crippen molar-refractivity contribution in [2.75, 3.05) is 0 Å². The normalized spacial score (nSPS) is 13.4. The number of hydrogen-bond acceptors (Lipinski definition) is 1. The van der Waals surface area contributed by atoms with E-state index < -0.39 is 0 Å². The molecule has 0 aromatic carbocycles. The molecule has 0 radical (unpaired) electrons. The van der Waals surface area contributed by atoms with E-state index in [0.29, 0.717) is 0 Å². The lowest BCUT2D eigenvalue weighted by Crippen LogP contribution is -2.09. The molecule has 2 nitrogen and oxygen atoms in total. The molecule has 0 saturated carbocycles. The molecule has 2 aromatic rings. The van der Waals surface area contributed by atoms with Gasteiger partial charge in [0.05, 0.1) is 10.5 Å². The molecule has 0 fully saturated rings. The van der Waals surface area contributed by atoms with Gasteiger partial charge in [-0.1, -0.05) is 17.7 Å². The second kappa shape index (κ2) is 3.30. The van der Waals surface area contributed by atoms with E-state index in [-0.39, 0.29) is 6.04 Å². The Bertz CT molecular complexity index is 471. The van der Waals surface area contributed by atoms with Gasteiger partial charge in [0.2, 0.25) is 0 Å². The number of fused-ring (bicyclic) bond motifs is 1. The molecule has 1 atom stereocenters. The first-order valence-corrected chi connectivity index (χ1v) is 5.01. The topological polar surface area (TPSA) is 30.4 Å². The van der Waals surface area contributed by atoms with Crippen LogP contribution in [0.1, 0.15) is 24.2 Å². The molecular weight excluding hydrogens is 196 g/mol. The van der Waals surface area contributed by atoms with Crippen molar-refractivity contribution in [2.24, 2.45) is 5.73 Å². The van der Waals surface area contributed by atoms with Crippen molar-refractivity contribution >= 4 is 17.1 Å². The van der Waals surface area contributed by atoms with Gasteiger partial charge in [-0.3, -0.25) is 0 Å². The van der Waals surface area contributed by atoms with Gasteiger partial charge < -0.3 is 10.1 Å². The third kappa shape index (κ3) is 1.22. The van der Waals surface area contributed by atoms with E-state index in [1.54, 1.807) is 0 Å². The molecule has 0 aliphatic rings. The minimum atomic E-state index is -0.00241. The monoisotopic (exact) mass is 208 g/mol. The molecule has 0 bridgehead atoms. The van der Waals surface area contributed by atoms with Crippen LogP contribution in [0.4, 0.5) is 0 Å². The summed E-state index contributed by atoms with van der Waals surface area (Å²) in [5, 5.41) is 0.804. The van der Waals surface area contributed by atoms with Crippen LogP contribution >= 0.6 is 11.6 Å². The Labute approximate surface area is 88.3 Å². The quantitative estimate of drug-likeness (QED) is 0.768. The molecule has 14 heavy (non-hydrogen) atoms. The van der Waals surface area contributed by atoms with E-state index in [9.17, 15) is 0 Å². The van der Waals surface area contributed by atoms with E-state index in [1.807, 2.05) is 38.2 Å². The van der Waals surface area contributed by atoms with Crippen molar-refractivity contribution in [3.05, 3.63) is 40.7 Å². The third-order valence-electron chi connectivity index (χ3n) is 2.49. The van der Waals surface area contributed by atoms with Gasteiger partial charge in [-0.25, -0.2) is 0 Å². The zero-order valence-electron chi connectivity index (χ0n) is 8.29. The lowest BCUT2D eigenvalue weighted by Gasteiger charge is -2.07. The number of nitrogens with zero attached hydrogens (tertiary/aromatic N) is 1. The second-order valence-electron chi connectivity index (χ2n) is 3.57. The zero-order valence-corrected chi connectivity index (χ0v) is 9.05. The minimum Gasteiger partial charge on any atom is -0.323 e. The van der Waals surface area contributed by atoms with Crippen molar-refractivity contribution in [3.8, 4) is 0 Å². The Balaban J connectivity index is 2.88. The largest absolute Gasteiger partial charge is 0.323 e. The highest BCUT2D eigenvalue weighted by Gasteiger charge is 2.14. The molecule has 0 spiro atoms. The molecule has 0 aliphatic carbocycles. The molecule has 2 heterocycles. The Kier molecular flexibility index (Phi) is 2.25. The van der Waals surface area contributed by atoms with Gasteiger partial charge >= 0.3 is 0 Å². The van der Waals surface area contributed by atoms with Gasteiger partial charge in [-0.05, 0) is 31.5 Å². The maximum Gasteiger partial charge on any atom is 0.0693 e. The minimum absolute atomic E-state index is 0.00241. The van der Waals surface area contributed by atoms with Gasteiger partial charge in [-0.2, -0.15) is 0 Å². The van der Waals surface area contributed by atoms with Crippen LogP contribution in [0.25, 0.3) is 5.52 Å². The zero-order chi connectivity index (χ0) is 10.3. The van der Waals surface area contributed by atoms with Gasteiger partial charge in [0.15, 0.2) is 0 Å². The van der Waals surface area contributed by atoms with Crippen LogP contribution in [-0.2, 0) is 0 Å². The first-order valence-electron chi connectivity index (χ1n) is 4.63. The highest BCUT2D eigenvalue weighted by Crippen LogP contribution is 2.30. The van der Waals surface area contributed by atoms with Crippen LogP contribution in [-0.4, -0.2) is 4.40 Å². The maximum absolute atomic E-state index is 6.21. The molecule has 2 N–H and O–H groups in total. The summed E-state index contributed by atoms with van der Waals surface area (Å²) in [6, 6.07) is 5.96. The average molecular weight is 209 g/mol. The second-order valence-corrected chi connectivity index (χ2v) is 3.95. The van der Waals surface area contributed by atoms with Crippen LogP contribution in [0.3, 0.4) is 0 Å². The van der Waals surface area contributed by atoms with Crippen LogP contribution in [0.15, 0.2) is 24.4 Å². The van der Waals surface area contributed by atoms with E-state index >= 15 is 0 Å². The Hall–Kier alpha value is -0.990. The summed E-state index contributed by atoms with van der Waals surface area (Å²) >= 11 is 6.21. The SMILES string of the molecule is Cc1c(Cl)c2ccccn2c1C(C)N. The number of hydrogen-bond donors (Lipinski definition) is 1. The summed E-state index contributed by atoms with van der Waals surface area (Å²) in [5.74, 6) is 0. The molecule has 1 unspecified atom stereocenters. The highest BCUT2D eigenvalue weighted by atomic mass is 35.5. The lowest BCUT2D eigenvalue weighted by molar-refractivity contribution is 0.762. The summed E-state index contributed by atoms with van der Waals surface area (Å²) in [5.41, 5.74) is 9.11. The van der Waals surface area contributed by atoms with Crippen molar-refractivity contribution in [2.45, 2.75) is 19.9 Å². The predicted molar refractivity (Wildman–Crippen MR) is 59.7 cm³/mol. The van der Waals surface area contributed by atoms with Crippen LogP contribution in [0, 0.1) is 6.92 Å². The van der Waals surface area contributed by atoms with Crippen molar-refractivity contribution in [1.29, 1.82) is 0 Å². The highest BCUT2D eigenvalue weighted by molar-refractivity contribution is 6.34. The van der Waals surface area contributed by atoms with Gasteiger partial charge in [0.1, 0.15) is 0 Å². The predicted octanol–water partition coefficient (Wildman–Crippen LogP) is 2.92. The fourth-order valence-corrected chi connectivity index (χ4v) is 2.13. The Morgan fingerprint density at radius 1 is 1.43 bits per heavy atom. The number of halogens is 1. The number of rotatable bonds is 1. The van der Waals surface area contributed by atoms with Crippen LogP contribution in [0.5, 0.6) is 0 Å². The van der Waals surface area contributed by atoms with Gasteiger partial charge in [0.25, 0.3) is 0 Å². The smallest absolute Gasteiger partial charge is 0.0693 e. The van der Waals surface area contributed by atoms with Crippen LogP contribution in [0.2, 0.25) is 5.02 Å². The van der Waals surface area contributed by atoms with E-state index in [0.717, 1.165) is 21.8 Å². The number of nitrogens with two attached hydrogens (primary N) is 1. The van der Waals surface area contributed by atoms with Gasteiger partial charge in [-0.15, -0.1) is 0 Å². The van der Waals surface area contributed by atoms with Crippen LogP contribution < -0.4 is 5.73 Å². The summed E-state index contributed by atoms with van der Waals surface area (Å²) in [6.07, 6.45) is 1.99. The van der Waals surface area contributed by atoms with Gasteiger partial charge in [0, 0.05) is 17.9 Å². The summed E-state index contributed by atoms with van der Waals surface area (Å²) in [4.78, 5) is 0. The Morgan fingerprint density at radius 3 is 2.79 bits per heavy atom. The summed E-state index contributed by atoms with van der Waals surface area (Å²) < 4.78 is 2.06. The molecule has 3 heteroatoms. The third-order valence-corrected chi connectivity index (χ3v) is 2.97. The fraction of sp³-hybridized carbons (Fsp3) is 0.273. The molecule has 2 aromatic heterocycles. The molecule has 0 saturated heterocycles. The maximum atomic E-state index is 6.21. The van der Waals surface area contributed by atoms with E-state index in [1.165, 1.54) is 0 Å². The van der Waals surface area contributed by atoms with E-state index in [2.05, 4.69) is 4.40 Å². The van der Waals surface area contributed by atoms with Crippen molar-refractivity contribution in [1.82, 2.24) is 4.40 Å².